The Kier molecular flexibility index (Phi) is 5.09. The average molecular weight is 448 g/mol. The first-order valence-electron chi connectivity index (χ1n) is 9.04. The fourth-order valence-electron chi connectivity index (χ4n) is 3.80. The van der Waals surface area contributed by atoms with Gasteiger partial charge in [-0.15, -0.1) is 11.3 Å². The molecule has 0 saturated carbocycles. The summed E-state index contributed by atoms with van der Waals surface area (Å²) >= 11 is 5.07. The number of aryl methyl sites for hydroxylation is 2. The van der Waals surface area contributed by atoms with E-state index < -0.39 is 0 Å². The Morgan fingerprint density at radius 2 is 2.15 bits per heavy atom. The summed E-state index contributed by atoms with van der Waals surface area (Å²) in [5.74, 6) is -0.0172. The highest BCUT2D eigenvalue weighted by Crippen LogP contribution is 2.36. The smallest absolute Gasteiger partial charge is 0.261 e. The number of thiophene rings is 1. The summed E-state index contributed by atoms with van der Waals surface area (Å²) in [7, 11) is 1.91. The maximum absolute atomic E-state index is 12.8. The molecule has 0 unspecified atom stereocenters. The first-order chi connectivity index (χ1) is 13.0. The van der Waals surface area contributed by atoms with Crippen LogP contribution in [0.3, 0.4) is 0 Å². The van der Waals surface area contributed by atoms with Gasteiger partial charge in [0.05, 0.1) is 10.6 Å². The molecule has 3 heterocycles. The van der Waals surface area contributed by atoms with Crippen LogP contribution in [0.25, 0.3) is 10.2 Å². The van der Waals surface area contributed by atoms with Gasteiger partial charge >= 0.3 is 0 Å². The van der Waals surface area contributed by atoms with Crippen LogP contribution in [0.15, 0.2) is 34.8 Å². The lowest BCUT2D eigenvalue weighted by atomic mass is 9.74. The SMILES string of the molecule is Cc1nn(C)c2sc(C(=O)NCC3(c4cccc(Br)c4)CCOCC3)cc12. The van der Waals surface area contributed by atoms with Crippen LogP contribution in [0.1, 0.15) is 33.8 Å². The highest BCUT2D eigenvalue weighted by atomic mass is 79.9. The largest absolute Gasteiger partial charge is 0.381 e. The third-order valence-corrected chi connectivity index (χ3v) is 7.09. The molecule has 4 rings (SSSR count). The van der Waals surface area contributed by atoms with Gasteiger partial charge in [-0.1, -0.05) is 28.1 Å². The van der Waals surface area contributed by atoms with Crippen molar-refractivity contribution < 1.29 is 9.53 Å². The fraction of sp³-hybridized carbons (Fsp3) is 0.400. The molecule has 1 fully saturated rings. The molecule has 0 radical (unpaired) electrons. The zero-order valence-corrected chi connectivity index (χ0v) is 17.8. The predicted octanol–water partition coefficient (Wildman–Crippen LogP) is 4.18. The molecule has 1 amide bonds. The first kappa shape index (κ1) is 18.7. The van der Waals surface area contributed by atoms with Crippen molar-refractivity contribution in [1.82, 2.24) is 15.1 Å². The molecule has 1 saturated heterocycles. The molecule has 1 aliphatic rings. The highest BCUT2D eigenvalue weighted by molar-refractivity contribution is 9.10. The van der Waals surface area contributed by atoms with Gasteiger partial charge in [-0.25, -0.2) is 0 Å². The number of aromatic nitrogens is 2. The van der Waals surface area contributed by atoms with Gasteiger partial charge in [-0.05, 0) is 43.5 Å². The van der Waals surface area contributed by atoms with E-state index in [1.54, 1.807) is 0 Å². The third kappa shape index (κ3) is 3.56. The Morgan fingerprint density at radius 1 is 1.37 bits per heavy atom. The van der Waals surface area contributed by atoms with Crippen molar-refractivity contribution in [1.29, 1.82) is 0 Å². The van der Waals surface area contributed by atoms with E-state index in [4.69, 9.17) is 4.74 Å². The molecule has 0 atom stereocenters. The molecule has 142 valence electrons. The van der Waals surface area contributed by atoms with Crippen LogP contribution in [-0.4, -0.2) is 35.4 Å². The Labute approximate surface area is 170 Å². The van der Waals surface area contributed by atoms with Gasteiger partial charge < -0.3 is 10.1 Å². The van der Waals surface area contributed by atoms with Crippen LogP contribution in [0.2, 0.25) is 0 Å². The predicted molar refractivity (Wildman–Crippen MR) is 112 cm³/mol. The summed E-state index contributed by atoms with van der Waals surface area (Å²) < 4.78 is 8.49. The molecule has 1 aromatic carbocycles. The first-order valence-corrected chi connectivity index (χ1v) is 10.6. The Bertz CT molecular complexity index is 954. The van der Waals surface area contributed by atoms with Gasteiger partial charge in [0.1, 0.15) is 4.83 Å². The van der Waals surface area contributed by atoms with E-state index in [2.05, 4.69) is 44.5 Å². The number of rotatable bonds is 4. The van der Waals surface area contributed by atoms with Crippen molar-refractivity contribution in [2.24, 2.45) is 7.05 Å². The number of hydrogen-bond acceptors (Lipinski definition) is 4. The van der Waals surface area contributed by atoms with E-state index in [9.17, 15) is 4.79 Å². The highest BCUT2D eigenvalue weighted by Gasteiger charge is 2.35. The van der Waals surface area contributed by atoms with Gasteiger partial charge in [0.15, 0.2) is 0 Å². The fourth-order valence-corrected chi connectivity index (χ4v) is 5.24. The number of amides is 1. The van der Waals surface area contributed by atoms with Crippen molar-refractivity contribution in [3.8, 4) is 0 Å². The van der Waals surface area contributed by atoms with Crippen molar-refractivity contribution in [2.75, 3.05) is 19.8 Å². The molecule has 0 bridgehead atoms. The summed E-state index contributed by atoms with van der Waals surface area (Å²) in [4.78, 5) is 14.6. The number of halogens is 1. The second-order valence-electron chi connectivity index (χ2n) is 7.12. The molecule has 27 heavy (non-hydrogen) atoms. The van der Waals surface area contributed by atoms with E-state index in [1.807, 2.05) is 30.8 Å². The molecule has 1 N–H and O–H groups in total. The van der Waals surface area contributed by atoms with Gasteiger partial charge in [-0.3, -0.25) is 9.48 Å². The number of nitrogens with zero attached hydrogens (tertiary/aromatic N) is 2. The van der Waals surface area contributed by atoms with Gasteiger partial charge in [-0.2, -0.15) is 5.10 Å². The molecule has 7 heteroatoms. The van der Waals surface area contributed by atoms with Crippen LogP contribution in [0.4, 0.5) is 0 Å². The number of ether oxygens (including phenoxy) is 1. The Hall–Kier alpha value is -1.70. The zero-order valence-electron chi connectivity index (χ0n) is 15.4. The Morgan fingerprint density at radius 3 is 2.85 bits per heavy atom. The van der Waals surface area contributed by atoms with Crippen molar-refractivity contribution in [3.63, 3.8) is 0 Å². The van der Waals surface area contributed by atoms with Gasteiger partial charge in [0.25, 0.3) is 5.91 Å². The maximum Gasteiger partial charge on any atom is 0.261 e. The van der Waals surface area contributed by atoms with Crippen LogP contribution in [-0.2, 0) is 17.2 Å². The minimum absolute atomic E-state index is 0.0172. The van der Waals surface area contributed by atoms with Gasteiger partial charge in [0.2, 0.25) is 0 Å². The zero-order chi connectivity index (χ0) is 19.0. The summed E-state index contributed by atoms with van der Waals surface area (Å²) in [5.41, 5.74) is 2.11. The van der Waals surface area contributed by atoms with E-state index in [0.29, 0.717) is 6.54 Å². The summed E-state index contributed by atoms with van der Waals surface area (Å²) in [6.45, 7) is 4.02. The lowest BCUT2D eigenvalue weighted by Gasteiger charge is -2.38. The van der Waals surface area contributed by atoms with Crippen LogP contribution in [0, 0.1) is 6.92 Å². The van der Waals surface area contributed by atoms with E-state index in [1.165, 1.54) is 16.9 Å². The number of nitrogens with one attached hydrogen (secondary N) is 1. The molecule has 2 aromatic heterocycles. The number of carbonyl (C=O) groups is 1. The summed E-state index contributed by atoms with van der Waals surface area (Å²) in [5, 5.41) is 8.65. The normalized spacial score (nSPS) is 16.6. The number of benzene rings is 1. The van der Waals surface area contributed by atoms with Crippen molar-refractivity contribution >= 4 is 43.4 Å². The molecule has 1 aliphatic heterocycles. The molecule has 0 aliphatic carbocycles. The second-order valence-corrected chi connectivity index (χ2v) is 9.07. The number of hydrogen-bond donors (Lipinski definition) is 1. The minimum atomic E-state index is -0.0914. The molecule has 3 aromatic rings. The quantitative estimate of drug-likeness (QED) is 0.652. The van der Waals surface area contributed by atoms with E-state index in [0.717, 1.165) is 51.3 Å². The Balaban J connectivity index is 1.56. The molecule has 5 nitrogen and oxygen atoms in total. The molecular formula is C20H22BrN3O2S. The van der Waals surface area contributed by atoms with E-state index in [-0.39, 0.29) is 11.3 Å². The van der Waals surface area contributed by atoms with Crippen LogP contribution >= 0.6 is 27.3 Å². The van der Waals surface area contributed by atoms with Crippen molar-refractivity contribution in [2.45, 2.75) is 25.2 Å². The standard InChI is InChI=1S/C20H22BrN3O2S/c1-13-16-11-17(27-19(16)24(2)23-13)18(25)22-12-20(6-8-26-9-7-20)14-4-3-5-15(21)10-14/h3-5,10-11H,6-9,12H2,1-2H3,(H,22,25). The molecule has 0 spiro atoms. The summed E-state index contributed by atoms with van der Waals surface area (Å²) in [6, 6.07) is 10.3. The third-order valence-electron chi connectivity index (χ3n) is 5.39. The lowest BCUT2D eigenvalue weighted by molar-refractivity contribution is 0.0487. The average Bonchev–Trinajstić information content (AvgIpc) is 3.22. The monoisotopic (exact) mass is 447 g/mol. The van der Waals surface area contributed by atoms with Crippen molar-refractivity contribution in [3.05, 3.63) is 50.9 Å². The number of carbonyl (C=O) groups excluding carboxylic acids is 1. The minimum Gasteiger partial charge on any atom is -0.381 e. The van der Waals surface area contributed by atoms with Gasteiger partial charge in [0, 0.05) is 42.1 Å². The lowest BCUT2D eigenvalue weighted by Crippen LogP contribution is -2.44. The molecular weight excluding hydrogens is 426 g/mol. The topological polar surface area (TPSA) is 56.2 Å². The van der Waals surface area contributed by atoms with Crippen LogP contribution in [0.5, 0.6) is 0 Å². The van der Waals surface area contributed by atoms with Crippen LogP contribution < -0.4 is 5.32 Å². The number of fused-ring (bicyclic) bond motifs is 1. The second kappa shape index (κ2) is 7.37. The summed E-state index contributed by atoms with van der Waals surface area (Å²) in [6.07, 6.45) is 1.80. The van der Waals surface area contributed by atoms with E-state index >= 15 is 0 Å². The maximum atomic E-state index is 12.8.